The molecule has 0 radical (unpaired) electrons. The summed E-state index contributed by atoms with van der Waals surface area (Å²) in [5, 5.41) is 3.78. The first-order valence-corrected chi connectivity index (χ1v) is 14.2. The second-order valence-corrected chi connectivity index (χ2v) is 12.0. The van der Waals surface area contributed by atoms with E-state index in [4.69, 9.17) is 23.2 Å². The van der Waals surface area contributed by atoms with Gasteiger partial charge in [-0.1, -0.05) is 53.5 Å². The van der Waals surface area contributed by atoms with Crippen LogP contribution in [0.25, 0.3) is 0 Å². The van der Waals surface area contributed by atoms with Gasteiger partial charge in [0.15, 0.2) is 0 Å². The highest BCUT2D eigenvalue weighted by Gasteiger charge is 2.32. The molecule has 9 heteroatoms. The van der Waals surface area contributed by atoms with Gasteiger partial charge in [-0.3, -0.25) is 9.69 Å². The van der Waals surface area contributed by atoms with E-state index in [-0.39, 0.29) is 24.1 Å². The lowest BCUT2D eigenvalue weighted by Gasteiger charge is -2.31. The molecule has 2 aromatic carbocycles. The lowest BCUT2D eigenvalue weighted by molar-refractivity contribution is -0.126. The lowest BCUT2D eigenvalue weighted by Crippen LogP contribution is -2.45. The van der Waals surface area contributed by atoms with Gasteiger partial charge < -0.3 is 5.32 Å². The summed E-state index contributed by atoms with van der Waals surface area (Å²) in [4.78, 5) is 15.4. The van der Waals surface area contributed by atoms with Crippen molar-refractivity contribution in [2.45, 2.75) is 44.5 Å². The van der Waals surface area contributed by atoms with Crippen molar-refractivity contribution in [3.8, 4) is 0 Å². The van der Waals surface area contributed by atoms with Crippen LogP contribution in [0.2, 0.25) is 10.0 Å². The fraction of sp³-hybridized carbons (Fsp3) is 0.480. The van der Waals surface area contributed by atoms with Crippen molar-refractivity contribution in [3.05, 3.63) is 69.2 Å². The maximum absolute atomic E-state index is 13.0. The minimum absolute atomic E-state index is 0.0922. The molecule has 2 heterocycles. The van der Waals surface area contributed by atoms with E-state index in [1.807, 2.05) is 12.1 Å². The molecule has 0 aromatic heterocycles. The largest absolute Gasteiger partial charge is 0.352 e. The van der Waals surface area contributed by atoms with E-state index < -0.39 is 10.0 Å². The molecular formula is C25H31Cl2N3O3S. The quantitative estimate of drug-likeness (QED) is 0.554. The minimum atomic E-state index is -3.57. The Morgan fingerprint density at radius 1 is 0.971 bits per heavy atom. The number of piperidine rings is 1. The van der Waals surface area contributed by atoms with Crippen LogP contribution in [0.5, 0.6) is 0 Å². The van der Waals surface area contributed by atoms with Crippen LogP contribution in [0.1, 0.15) is 42.4 Å². The Kier molecular flexibility index (Phi) is 8.53. The summed E-state index contributed by atoms with van der Waals surface area (Å²) < 4.78 is 27.5. The summed E-state index contributed by atoms with van der Waals surface area (Å²) in [6, 6.07) is 13.1. The molecule has 2 saturated heterocycles. The van der Waals surface area contributed by atoms with Crippen LogP contribution in [0.15, 0.2) is 42.5 Å². The predicted molar refractivity (Wildman–Crippen MR) is 136 cm³/mol. The Labute approximate surface area is 212 Å². The molecule has 184 valence electrons. The summed E-state index contributed by atoms with van der Waals surface area (Å²) in [6.07, 6.45) is 3.82. The SMILES string of the molecule is O=C(NCc1ccccc1CN1CCCC1)[C@H]1CCCN(S(=O)(=O)Cc2ccc(Cl)c(Cl)c2)C1. The number of hydrogen-bond donors (Lipinski definition) is 1. The third-order valence-corrected chi connectivity index (χ3v) is 9.20. The Bertz CT molecular complexity index is 1120. The lowest BCUT2D eigenvalue weighted by atomic mass is 9.98. The minimum Gasteiger partial charge on any atom is -0.352 e. The number of hydrogen-bond acceptors (Lipinski definition) is 4. The molecule has 1 amide bonds. The number of sulfonamides is 1. The second kappa shape index (κ2) is 11.4. The molecule has 0 aliphatic carbocycles. The van der Waals surface area contributed by atoms with Crippen LogP contribution >= 0.6 is 23.2 Å². The van der Waals surface area contributed by atoms with Crippen molar-refractivity contribution in [1.82, 2.24) is 14.5 Å². The van der Waals surface area contributed by atoms with E-state index in [9.17, 15) is 13.2 Å². The van der Waals surface area contributed by atoms with Crippen molar-refractivity contribution in [2.75, 3.05) is 26.2 Å². The van der Waals surface area contributed by atoms with Crippen molar-refractivity contribution in [2.24, 2.45) is 5.92 Å². The first-order valence-electron chi connectivity index (χ1n) is 11.8. The number of carbonyl (C=O) groups excluding carboxylic acids is 1. The van der Waals surface area contributed by atoms with Crippen LogP contribution in [-0.2, 0) is 33.7 Å². The van der Waals surface area contributed by atoms with Crippen LogP contribution in [0.3, 0.4) is 0 Å². The molecule has 4 rings (SSSR count). The van der Waals surface area contributed by atoms with Gasteiger partial charge in [-0.2, -0.15) is 0 Å². The zero-order valence-electron chi connectivity index (χ0n) is 19.2. The molecule has 1 atom stereocenters. The molecule has 0 spiro atoms. The fourth-order valence-electron chi connectivity index (χ4n) is 4.73. The highest BCUT2D eigenvalue weighted by atomic mass is 35.5. The van der Waals surface area contributed by atoms with Gasteiger partial charge in [0.25, 0.3) is 0 Å². The molecule has 0 unspecified atom stereocenters. The average molecular weight is 525 g/mol. The number of nitrogens with one attached hydrogen (secondary N) is 1. The van der Waals surface area contributed by atoms with Crippen molar-refractivity contribution >= 4 is 39.1 Å². The van der Waals surface area contributed by atoms with Gasteiger partial charge in [0.1, 0.15) is 0 Å². The number of nitrogens with zero attached hydrogens (tertiary/aromatic N) is 2. The van der Waals surface area contributed by atoms with Crippen molar-refractivity contribution in [3.63, 3.8) is 0 Å². The first-order chi connectivity index (χ1) is 16.3. The Hall–Kier alpha value is -1.64. The molecular weight excluding hydrogens is 493 g/mol. The van der Waals surface area contributed by atoms with E-state index in [0.29, 0.717) is 41.5 Å². The van der Waals surface area contributed by atoms with Crippen LogP contribution in [0.4, 0.5) is 0 Å². The number of rotatable bonds is 8. The Balaban J connectivity index is 1.35. The molecule has 6 nitrogen and oxygen atoms in total. The van der Waals surface area contributed by atoms with Crippen LogP contribution in [0, 0.1) is 5.92 Å². The van der Waals surface area contributed by atoms with Gasteiger partial charge in [0, 0.05) is 26.2 Å². The van der Waals surface area contributed by atoms with E-state index in [1.165, 1.54) is 22.7 Å². The van der Waals surface area contributed by atoms with Crippen molar-refractivity contribution < 1.29 is 13.2 Å². The van der Waals surface area contributed by atoms with E-state index in [0.717, 1.165) is 25.2 Å². The number of amides is 1. The highest BCUT2D eigenvalue weighted by Crippen LogP contribution is 2.26. The van der Waals surface area contributed by atoms with Gasteiger partial charge in [-0.05, 0) is 67.6 Å². The molecule has 2 aliphatic heterocycles. The van der Waals surface area contributed by atoms with E-state index in [1.54, 1.807) is 18.2 Å². The van der Waals surface area contributed by atoms with Crippen molar-refractivity contribution in [1.29, 1.82) is 0 Å². The Morgan fingerprint density at radius 2 is 1.71 bits per heavy atom. The molecule has 34 heavy (non-hydrogen) atoms. The summed E-state index contributed by atoms with van der Waals surface area (Å²) in [5.41, 5.74) is 2.93. The average Bonchev–Trinajstić information content (AvgIpc) is 3.34. The third-order valence-electron chi connectivity index (χ3n) is 6.65. The van der Waals surface area contributed by atoms with E-state index in [2.05, 4.69) is 22.3 Å². The number of halogens is 2. The van der Waals surface area contributed by atoms with Gasteiger partial charge in [-0.15, -0.1) is 0 Å². The first kappa shape index (κ1) is 25.5. The maximum Gasteiger partial charge on any atom is 0.224 e. The molecule has 0 saturated carbocycles. The zero-order valence-corrected chi connectivity index (χ0v) is 21.5. The number of benzene rings is 2. The van der Waals surface area contributed by atoms with Gasteiger partial charge in [0.05, 0.1) is 21.7 Å². The molecule has 2 aliphatic rings. The normalized spacial score (nSPS) is 19.9. The van der Waals surface area contributed by atoms with E-state index >= 15 is 0 Å². The maximum atomic E-state index is 13.0. The zero-order chi connectivity index (χ0) is 24.1. The standard InChI is InChI=1S/C25H31Cl2N3O3S/c26-23-10-9-19(14-24(23)27)18-34(32,33)30-13-5-8-22(17-30)25(31)28-15-20-6-1-2-7-21(20)16-29-11-3-4-12-29/h1-2,6-7,9-10,14,22H,3-5,8,11-13,15-18H2,(H,28,31)/t22-/m0/s1. The fourth-order valence-corrected chi connectivity index (χ4v) is 6.65. The monoisotopic (exact) mass is 523 g/mol. The summed E-state index contributed by atoms with van der Waals surface area (Å²) >= 11 is 12.0. The Morgan fingerprint density at radius 3 is 2.44 bits per heavy atom. The molecule has 1 N–H and O–H groups in total. The summed E-state index contributed by atoms with van der Waals surface area (Å²) in [7, 11) is -3.57. The smallest absolute Gasteiger partial charge is 0.224 e. The number of likely N-dealkylation sites (tertiary alicyclic amines) is 1. The topological polar surface area (TPSA) is 69.7 Å². The molecule has 2 aromatic rings. The molecule has 2 fully saturated rings. The summed E-state index contributed by atoms with van der Waals surface area (Å²) in [5.74, 6) is -0.615. The third kappa shape index (κ3) is 6.52. The van der Waals surface area contributed by atoms with Gasteiger partial charge in [0.2, 0.25) is 15.9 Å². The van der Waals surface area contributed by atoms with Crippen LogP contribution < -0.4 is 5.32 Å². The number of carbonyl (C=O) groups is 1. The second-order valence-electron chi connectivity index (χ2n) is 9.17. The summed E-state index contributed by atoms with van der Waals surface area (Å²) in [6.45, 7) is 4.22. The van der Waals surface area contributed by atoms with Crippen LogP contribution in [-0.4, -0.2) is 49.7 Å². The van der Waals surface area contributed by atoms with Gasteiger partial charge in [-0.25, -0.2) is 12.7 Å². The van der Waals surface area contributed by atoms with Gasteiger partial charge >= 0.3 is 0 Å². The molecule has 0 bridgehead atoms. The predicted octanol–water partition coefficient (Wildman–Crippen LogP) is 4.45. The highest BCUT2D eigenvalue weighted by molar-refractivity contribution is 7.88.